The van der Waals surface area contributed by atoms with Gasteiger partial charge in [0.2, 0.25) is 0 Å². The van der Waals surface area contributed by atoms with Crippen molar-refractivity contribution >= 4 is 20.9 Å². The molecule has 0 fully saturated rings. The van der Waals surface area contributed by atoms with Crippen molar-refractivity contribution < 1.29 is 8.85 Å². The number of benzene rings is 1. The van der Waals surface area contributed by atoms with Gasteiger partial charge < -0.3 is 8.85 Å². The Labute approximate surface area is 136 Å². The molecule has 0 aliphatic rings. The molecule has 21 heavy (non-hydrogen) atoms. The fourth-order valence-corrected chi connectivity index (χ4v) is 4.30. The number of unbranched alkanes of at least 4 members (excludes halogenated alkanes) is 2. The monoisotopic (exact) mass is 327 g/mol. The van der Waals surface area contributed by atoms with Gasteiger partial charge in [-0.3, -0.25) is 0 Å². The second-order valence-electron chi connectivity index (χ2n) is 5.24. The maximum Gasteiger partial charge on any atom is 0.392 e. The zero-order valence-corrected chi connectivity index (χ0v) is 15.3. The molecule has 0 bridgehead atoms. The lowest BCUT2D eigenvalue weighted by molar-refractivity contribution is 0.183. The highest BCUT2D eigenvalue weighted by atomic mass is 35.5. The minimum atomic E-state index is -1.31. The summed E-state index contributed by atoms with van der Waals surface area (Å²) in [5.74, 6) is 0. The average molecular weight is 328 g/mol. The van der Waals surface area contributed by atoms with E-state index in [1.807, 2.05) is 18.2 Å². The first-order valence-electron chi connectivity index (χ1n) is 8.10. The molecule has 0 spiro atoms. The van der Waals surface area contributed by atoms with Crippen LogP contribution >= 0.6 is 11.6 Å². The van der Waals surface area contributed by atoms with E-state index in [1.165, 1.54) is 5.56 Å². The molecule has 0 amide bonds. The van der Waals surface area contributed by atoms with Gasteiger partial charge in [-0.05, 0) is 37.0 Å². The van der Waals surface area contributed by atoms with E-state index in [9.17, 15) is 0 Å². The smallest absolute Gasteiger partial charge is 0.392 e. The van der Waals surface area contributed by atoms with Gasteiger partial charge in [0.25, 0.3) is 0 Å². The maximum absolute atomic E-state index is 6.13. The predicted molar refractivity (Wildman–Crippen MR) is 92.0 cm³/mol. The first-order valence-corrected chi connectivity index (χ1v) is 9.87. The van der Waals surface area contributed by atoms with Crippen LogP contribution in [0.1, 0.15) is 64.0 Å². The summed E-state index contributed by atoms with van der Waals surface area (Å²) in [6.45, 7) is 8.16. The van der Waals surface area contributed by atoms with Crippen LogP contribution in [0.25, 0.3) is 0 Å². The van der Waals surface area contributed by atoms with Crippen LogP contribution in [-0.2, 0) is 8.85 Å². The third-order valence-corrected chi connectivity index (χ3v) is 5.95. The highest BCUT2D eigenvalue weighted by molar-refractivity contribution is 6.46. The average Bonchev–Trinajstić information content (AvgIpc) is 2.48. The Morgan fingerprint density at radius 1 is 1.05 bits per heavy atom. The number of halogens is 1. The molecule has 0 N–H and O–H groups in total. The molecule has 1 rings (SSSR count). The molecule has 1 unspecified atom stereocenters. The van der Waals surface area contributed by atoms with E-state index in [1.54, 1.807) is 0 Å². The van der Waals surface area contributed by atoms with Gasteiger partial charge in [0.05, 0.1) is 0 Å². The normalized spacial score (nSPS) is 12.8. The maximum atomic E-state index is 6.13. The minimum Gasteiger partial charge on any atom is -0.393 e. The fraction of sp³-hybridized carbons (Fsp3) is 0.647. The molecular weight excluding hydrogens is 300 g/mol. The van der Waals surface area contributed by atoms with Crippen LogP contribution in [0.4, 0.5) is 0 Å². The second-order valence-corrected chi connectivity index (χ2v) is 7.59. The van der Waals surface area contributed by atoms with Gasteiger partial charge in [-0.25, -0.2) is 0 Å². The van der Waals surface area contributed by atoms with Gasteiger partial charge in [-0.2, -0.15) is 0 Å². The van der Waals surface area contributed by atoms with Crippen molar-refractivity contribution in [3.8, 4) is 0 Å². The third-order valence-electron chi connectivity index (χ3n) is 3.43. The lowest BCUT2D eigenvalue weighted by Gasteiger charge is -2.24. The van der Waals surface area contributed by atoms with E-state index in [-0.39, 0.29) is 0 Å². The first-order chi connectivity index (χ1) is 10.2. The Morgan fingerprint density at radius 2 is 1.67 bits per heavy atom. The molecule has 119 valence electrons. The topological polar surface area (TPSA) is 18.5 Å². The molecule has 0 heterocycles. The molecule has 0 aromatic heterocycles. The zero-order valence-electron chi connectivity index (χ0n) is 13.5. The molecule has 0 saturated carbocycles. The number of rotatable bonds is 11. The van der Waals surface area contributed by atoms with Gasteiger partial charge in [-0.1, -0.05) is 57.3 Å². The van der Waals surface area contributed by atoms with Crippen molar-refractivity contribution in [3.63, 3.8) is 0 Å². The summed E-state index contributed by atoms with van der Waals surface area (Å²) in [4.78, 5) is 0. The van der Waals surface area contributed by atoms with Crippen LogP contribution in [0.2, 0.25) is 5.02 Å². The molecule has 1 atom stereocenters. The number of hydrogen-bond donors (Lipinski definition) is 0. The van der Waals surface area contributed by atoms with Crippen molar-refractivity contribution in [2.75, 3.05) is 13.2 Å². The van der Waals surface area contributed by atoms with Crippen molar-refractivity contribution in [3.05, 3.63) is 34.9 Å². The summed E-state index contributed by atoms with van der Waals surface area (Å²) in [5.41, 5.74) is 1.58. The summed E-state index contributed by atoms with van der Waals surface area (Å²) >= 11 is 6.13. The zero-order chi connectivity index (χ0) is 15.5. The lowest BCUT2D eigenvalue weighted by atomic mass is 10.1. The summed E-state index contributed by atoms with van der Waals surface area (Å²) in [6, 6.07) is 8.11. The standard InChI is InChI=1S/C17H28ClO2Si/c1-4-7-12-19-21(20-13-8-5-2)17(6-3)15-10-9-11-16(18)14-15/h9-11,14,17H,4-8,12-13H2,1-3H3. The van der Waals surface area contributed by atoms with E-state index < -0.39 is 9.28 Å². The number of hydrogen-bond acceptors (Lipinski definition) is 2. The second kappa shape index (κ2) is 11.2. The van der Waals surface area contributed by atoms with Crippen LogP contribution in [0.5, 0.6) is 0 Å². The SMILES string of the molecule is CCCCO[Si](OCCCC)C(CC)c1cccc(Cl)c1. The molecule has 0 aliphatic heterocycles. The summed E-state index contributed by atoms with van der Waals surface area (Å²) in [6.07, 6.45) is 5.51. The van der Waals surface area contributed by atoms with Gasteiger partial charge in [0.1, 0.15) is 0 Å². The van der Waals surface area contributed by atoms with Crippen molar-refractivity contribution in [2.24, 2.45) is 0 Å². The molecule has 4 heteroatoms. The van der Waals surface area contributed by atoms with Crippen molar-refractivity contribution in [1.82, 2.24) is 0 Å². The quantitative estimate of drug-likeness (QED) is 0.395. The fourth-order valence-electron chi connectivity index (χ4n) is 2.14. The first kappa shape index (κ1) is 18.7. The van der Waals surface area contributed by atoms with Crippen LogP contribution in [0.15, 0.2) is 24.3 Å². The molecule has 1 radical (unpaired) electrons. The summed E-state index contributed by atoms with van der Waals surface area (Å²) in [7, 11) is -1.31. The Bertz CT molecular complexity index is 377. The van der Waals surface area contributed by atoms with Crippen molar-refractivity contribution in [2.45, 2.75) is 58.4 Å². The highest BCUT2D eigenvalue weighted by Gasteiger charge is 2.28. The molecule has 2 nitrogen and oxygen atoms in total. The van der Waals surface area contributed by atoms with Gasteiger partial charge in [0, 0.05) is 23.8 Å². The lowest BCUT2D eigenvalue weighted by Crippen LogP contribution is -2.32. The Morgan fingerprint density at radius 3 is 2.14 bits per heavy atom. The Kier molecular flexibility index (Phi) is 10.0. The predicted octanol–water partition coefficient (Wildman–Crippen LogP) is 5.49. The summed E-state index contributed by atoms with van der Waals surface area (Å²) < 4.78 is 12.2. The largest absolute Gasteiger partial charge is 0.393 e. The molecule has 1 aromatic rings. The van der Waals surface area contributed by atoms with Gasteiger partial charge >= 0.3 is 9.28 Å². The molecular formula is C17H28ClO2Si. The van der Waals surface area contributed by atoms with Crippen LogP contribution in [0.3, 0.4) is 0 Å². The van der Waals surface area contributed by atoms with E-state index in [2.05, 4.69) is 26.8 Å². The molecule has 0 saturated heterocycles. The van der Waals surface area contributed by atoms with Crippen LogP contribution in [0, 0.1) is 0 Å². The highest BCUT2D eigenvalue weighted by Crippen LogP contribution is 2.26. The van der Waals surface area contributed by atoms with Crippen molar-refractivity contribution in [1.29, 1.82) is 0 Å². The van der Waals surface area contributed by atoms with Crippen LogP contribution in [-0.4, -0.2) is 22.5 Å². The van der Waals surface area contributed by atoms with E-state index >= 15 is 0 Å². The van der Waals surface area contributed by atoms with E-state index in [4.69, 9.17) is 20.5 Å². The van der Waals surface area contributed by atoms with Gasteiger partial charge in [0.15, 0.2) is 0 Å². The molecule has 0 aliphatic carbocycles. The van der Waals surface area contributed by atoms with E-state index in [0.29, 0.717) is 5.54 Å². The van der Waals surface area contributed by atoms with E-state index in [0.717, 1.165) is 50.3 Å². The summed E-state index contributed by atoms with van der Waals surface area (Å²) in [5, 5.41) is 0.786. The minimum absolute atomic E-state index is 0.336. The van der Waals surface area contributed by atoms with Gasteiger partial charge in [-0.15, -0.1) is 0 Å². The third kappa shape index (κ3) is 6.96. The Hall–Kier alpha value is -0.353. The Balaban J connectivity index is 2.75. The van der Waals surface area contributed by atoms with Crippen LogP contribution < -0.4 is 0 Å². The molecule has 1 aromatic carbocycles.